The average Bonchev–Trinajstić information content (AvgIpc) is 2.36. The highest BCUT2D eigenvalue weighted by molar-refractivity contribution is 9.10. The molecule has 1 saturated heterocycles. The molecule has 0 bridgehead atoms. The number of hydrogen-bond acceptors (Lipinski definition) is 2. The molecule has 0 atom stereocenters. The second-order valence-corrected chi connectivity index (χ2v) is 4.59. The molecule has 2 nitrogen and oxygen atoms in total. The molecule has 1 aliphatic rings. The van der Waals surface area contributed by atoms with E-state index in [1.807, 2.05) is 11.0 Å². The second kappa shape index (κ2) is 4.54. The van der Waals surface area contributed by atoms with Crippen molar-refractivity contribution in [2.24, 2.45) is 0 Å². The van der Waals surface area contributed by atoms with Crippen LogP contribution < -0.4 is 4.90 Å². The third kappa shape index (κ3) is 2.73. The molecule has 0 N–H and O–H groups in total. The summed E-state index contributed by atoms with van der Waals surface area (Å²) in [6.45, 7) is -2.21. The van der Waals surface area contributed by atoms with Crippen molar-refractivity contribution in [3.63, 3.8) is 0 Å². The minimum Gasteiger partial charge on any atom is -0.369 e. The smallest absolute Gasteiger partial charge is 0.0394 e. The third-order valence-corrected chi connectivity index (χ3v) is 2.99. The molecule has 1 aromatic carbocycles. The largest absolute Gasteiger partial charge is 0.369 e. The normalized spacial score (nSPS) is 25.8. The predicted molar refractivity (Wildman–Crippen MR) is 68.6 cm³/mol. The highest BCUT2D eigenvalue weighted by Gasteiger charge is 2.14. The summed E-state index contributed by atoms with van der Waals surface area (Å²) in [6.07, 6.45) is 0. The van der Waals surface area contributed by atoms with E-state index in [4.69, 9.17) is 8.22 Å². The van der Waals surface area contributed by atoms with Gasteiger partial charge in [-0.05, 0) is 37.6 Å². The fraction of sp³-hybridized carbons (Fsp3) is 0.500. The molecule has 0 saturated carbocycles. The summed E-state index contributed by atoms with van der Waals surface area (Å²) in [5, 5.41) is 0. The lowest BCUT2D eigenvalue weighted by molar-refractivity contribution is 0.313. The maximum Gasteiger partial charge on any atom is 0.0394 e. The lowest BCUT2D eigenvalue weighted by Crippen LogP contribution is -2.44. The number of aryl methyl sites for hydroxylation is 1. The Kier molecular flexibility index (Phi) is 1.72. The van der Waals surface area contributed by atoms with Crippen LogP contribution >= 0.6 is 15.9 Å². The third-order valence-electron chi connectivity index (χ3n) is 2.53. The Bertz CT molecular complexity index is 505. The zero-order valence-electron chi connectivity index (χ0n) is 14.3. The van der Waals surface area contributed by atoms with Gasteiger partial charge in [-0.1, -0.05) is 15.9 Å². The van der Waals surface area contributed by atoms with Gasteiger partial charge < -0.3 is 9.80 Å². The Balaban J connectivity index is 2.16. The molecule has 82 valence electrons. The first-order chi connectivity index (χ1) is 9.57. The zero-order chi connectivity index (χ0) is 15.8. The monoisotopic (exact) mass is 274 g/mol. The molecular formula is C12H17BrN2. The summed E-state index contributed by atoms with van der Waals surface area (Å²) in [5.74, 6) is 0. The van der Waals surface area contributed by atoms with Crippen LogP contribution in [0.15, 0.2) is 22.7 Å². The highest BCUT2D eigenvalue weighted by atomic mass is 79.9. The van der Waals surface area contributed by atoms with Gasteiger partial charge >= 0.3 is 0 Å². The SMILES string of the molecule is [2H]C([2H])([2H])c1cc(Br)cc(N2CCN(C([2H])([2H])[2H])CC2)c1. The quantitative estimate of drug-likeness (QED) is 0.777. The van der Waals surface area contributed by atoms with Crippen molar-refractivity contribution in [3.8, 4) is 0 Å². The van der Waals surface area contributed by atoms with E-state index in [1.165, 1.54) is 4.90 Å². The molecule has 1 aliphatic heterocycles. The van der Waals surface area contributed by atoms with Gasteiger partial charge in [-0.2, -0.15) is 0 Å². The number of nitrogens with zero attached hydrogens (tertiary/aromatic N) is 2. The van der Waals surface area contributed by atoms with Crippen LogP contribution in [0.5, 0.6) is 0 Å². The molecule has 15 heavy (non-hydrogen) atoms. The maximum absolute atomic E-state index is 7.51. The van der Waals surface area contributed by atoms with Gasteiger partial charge in [-0.25, -0.2) is 0 Å². The van der Waals surface area contributed by atoms with Crippen molar-refractivity contribution >= 4 is 21.6 Å². The molecular weight excluding hydrogens is 252 g/mol. The fourth-order valence-electron chi connectivity index (χ4n) is 1.72. The van der Waals surface area contributed by atoms with Gasteiger partial charge in [0.25, 0.3) is 0 Å². The molecule has 0 unspecified atom stereocenters. The van der Waals surface area contributed by atoms with Gasteiger partial charge in [0.05, 0.1) is 0 Å². The molecule has 0 aliphatic carbocycles. The summed E-state index contributed by atoms with van der Waals surface area (Å²) in [5.41, 5.74) is 1.09. The summed E-state index contributed by atoms with van der Waals surface area (Å²) < 4.78 is 45.4. The van der Waals surface area contributed by atoms with E-state index in [0.29, 0.717) is 30.7 Å². The van der Waals surface area contributed by atoms with E-state index >= 15 is 0 Å². The summed E-state index contributed by atoms with van der Waals surface area (Å²) in [6, 6.07) is 5.11. The van der Waals surface area contributed by atoms with Gasteiger partial charge in [-0.3, -0.25) is 0 Å². The van der Waals surface area contributed by atoms with Crippen LogP contribution in [-0.2, 0) is 0 Å². The molecule has 0 aromatic heterocycles. The zero-order valence-corrected chi connectivity index (χ0v) is 9.92. The van der Waals surface area contributed by atoms with Gasteiger partial charge in [0.2, 0.25) is 0 Å². The molecule has 3 heteroatoms. The average molecular weight is 275 g/mol. The van der Waals surface area contributed by atoms with E-state index in [0.717, 1.165) is 5.69 Å². The van der Waals surface area contributed by atoms with E-state index in [1.54, 1.807) is 12.1 Å². The molecule has 1 heterocycles. The van der Waals surface area contributed by atoms with E-state index in [2.05, 4.69) is 15.9 Å². The summed E-state index contributed by atoms with van der Waals surface area (Å²) in [4.78, 5) is 3.48. The van der Waals surface area contributed by atoms with Gasteiger partial charge in [0.15, 0.2) is 0 Å². The molecule has 0 spiro atoms. The Morgan fingerprint density at radius 1 is 1.20 bits per heavy atom. The minimum absolute atomic E-state index is 0.283. The van der Waals surface area contributed by atoms with Crippen LogP contribution in [0.3, 0.4) is 0 Å². The molecule has 1 aromatic rings. The summed E-state index contributed by atoms with van der Waals surface area (Å²) >= 11 is 3.34. The molecule has 1 fully saturated rings. The van der Waals surface area contributed by atoms with E-state index in [9.17, 15) is 0 Å². The highest BCUT2D eigenvalue weighted by Crippen LogP contribution is 2.23. The molecule has 2 rings (SSSR count). The van der Waals surface area contributed by atoms with Gasteiger partial charge in [0.1, 0.15) is 0 Å². The van der Waals surface area contributed by atoms with Crippen molar-refractivity contribution in [2.75, 3.05) is 38.1 Å². The van der Waals surface area contributed by atoms with Crippen molar-refractivity contribution in [2.45, 2.75) is 6.85 Å². The van der Waals surface area contributed by atoms with Crippen molar-refractivity contribution in [3.05, 3.63) is 28.2 Å². The first-order valence-corrected chi connectivity index (χ1v) is 5.68. The Morgan fingerprint density at radius 3 is 2.67 bits per heavy atom. The van der Waals surface area contributed by atoms with Crippen molar-refractivity contribution in [1.82, 2.24) is 4.90 Å². The maximum atomic E-state index is 7.51. The fourth-order valence-corrected chi connectivity index (χ4v) is 2.20. The van der Waals surface area contributed by atoms with Crippen molar-refractivity contribution in [1.29, 1.82) is 0 Å². The van der Waals surface area contributed by atoms with E-state index < -0.39 is 13.8 Å². The number of likely N-dealkylation sites (N-methyl/N-ethyl adjacent to an activating group) is 1. The Hall–Kier alpha value is -0.540. The minimum atomic E-state index is -2.15. The lowest BCUT2D eigenvalue weighted by Gasteiger charge is -2.34. The van der Waals surface area contributed by atoms with Crippen LogP contribution in [0.4, 0.5) is 5.69 Å². The van der Waals surface area contributed by atoms with Crippen LogP contribution in [0, 0.1) is 6.85 Å². The number of benzene rings is 1. The Labute approximate surface area is 108 Å². The van der Waals surface area contributed by atoms with Crippen LogP contribution in [0.2, 0.25) is 0 Å². The standard InChI is InChI=1S/C12H17BrN2/c1-10-7-11(13)9-12(8-10)15-5-3-14(2)4-6-15/h7-9H,3-6H2,1-2H3/i1D3,2D3. The van der Waals surface area contributed by atoms with Gasteiger partial charge in [0, 0.05) is 44.6 Å². The van der Waals surface area contributed by atoms with Gasteiger partial charge in [-0.15, -0.1) is 0 Å². The predicted octanol–water partition coefficient (Wildman–Crippen LogP) is 2.51. The number of piperazine rings is 1. The molecule has 0 radical (unpaired) electrons. The van der Waals surface area contributed by atoms with Crippen LogP contribution in [-0.4, -0.2) is 38.1 Å². The number of halogens is 1. The Morgan fingerprint density at radius 2 is 2.00 bits per heavy atom. The summed E-state index contributed by atoms with van der Waals surface area (Å²) in [7, 11) is 0. The lowest BCUT2D eigenvalue weighted by atomic mass is 10.2. The molecule has 0 amide bonds. The number of hydrogen-bond donors (Lipinski definition) is 0. The topological polar surface area (TPSA) is 6.48 Å². The first kappa shape index (κ1) is 5.69. The number of anilines is 1. The van der Waals surface area contributed by atoms with Crippen molar-refractivity contribution < 1.29 is 8.22 Å². The first-order valence-electron chi connectivity index (χ1n) is 7.88. The van der Waals surface area contributed by atoms with E-state index in [-0.39, 0.29) is 5.56 Å². The van der Waals surface area contributed by atoms with Crippen LogP contribution in [0.25, 0.3) is 0 Å². The number of rotatable bonds is 1. The second-order valence-electron chi connectivity index (χ2n) is 3.67. The van der Waals surface area contributed by atoms with Crippen LogP contribution in [0.1, 0.15) is 13.8 Å².